The monoisotopic (exact) mass is 394 g/mol. The van der Waals surface area contributed by atoms with Crippen LogP contribution in [0.15, 0.2) is 54.6 Å². The second-order valence-corrected chi connectivity index (χ2v) is 6.20. The third kappa shape index (κ3) is 4.46. The van der Waals surface area contributed by atoms with Crippen LogP contribution in [0.3, 0.4) is 0 Å². The van der Waals surface area contributed by atoms with Crippen molar-refractivity contribution in [1.82, 2.24) is 4.90 Å². The van der Waals surface area contributed by atoms with Gasteiger partial charge in [-0.2, -0.15) is 0 Å². The minimum atomic E-state index is 0.0669. The molecule has 3 nitrogen and oxygen atoms in total. The smallest absolute Gasteiger partial charge is 0.242 e. The van der Waals surface area contributed by atoms with Crippen molar-refractivity contribution in [3.05, 3.63) is 63.7 Å². The zero-order chi connectivity index (χ0) is 15.2. The summed E-state index contributed by atoms with van der Waals surface area (Å²) in [5, 5.41) is 3.16. The van der Waals surface area contributed by atoms with Crippen molar-refractivity contribution >= 4 is 34.2 Å². The summed E-state index contributed by atoms with van der Waals surface area (Å²) in [5.41, 5.74) is 2.10. The lowest BCUT2D eigenvalue weighted by Gasteiger charge is -2.25. The first kappa shape index (κ1) is 15.8. The molecule has 0 spiro atoms. The van der Waals surface area contributed by atoms with E-state index in [-0.39, 0.29) is 11.9 Å². The summed E-state index contributed by atoms with van der Waals surface area (Å²) in [7, 11) is 1.84. The number of benzene rings is 2. The fourth-order valence-electron chi connectivity index (χ4n) is 2.04. The van der Waals surface area contributed by atoms with E-state index >= 15 is 0 Å². The number of nitrogens with one attached hydrogen (secondary N) is 1. The molecular formula is C17H19IN2O. The van der Waals surface area contributed by atoms with Crippen molar-refractivity contribution in [3.8, 4) is 0 Å². The molecule has 0 aliphatic carbocycles. The highest BCUT2D eigenvalue weighted by atomic mass is 127. The highest BCUT2D eigenvalue weighted by Gasteiger charge is 2.16. The number of nitrogens with zero attached hydrogens (tertiary/aromatic N) is 1. The van der Waals surface area contributed by atoms with Crippen molar-refractivity contribution in [2.24, 2.45) is 0 Å². The first-order valence-corrected chi connectivity index (χ1v) is 7.96. The van der Waals surface area contributed by atoms with Crippen LogP contribution < -0.4 is 5.32 Å². The fraction of sp³-hybridized carbons (Fsp3) is 0.235. The molecule has 21 heavy (non-hydrogen) atoms. The van der Waals surface area contributed by atoms with Crippen LogP contribution in [0, 0.1) is 3.57 Å². The minimum Gasteiger partial charge on any atom is -0.376 e. The molecule has 4 heteroatoms. The summed E-state index contributed by atoms with van der Waals surface area (Å²) in [6.45, 7) is 2.34. The summed E-state index contributed by atoms with van der Waals surface area (Å²) in [5.74, 6) is 0.0740. The molecule has 0 heterocycles. The molecule has 110 valence electrons. The zero-order valence-electron chi connectivity index (χ0n) is 12.2. The standard InChI is InChI=1S/C17H19IN2O/c1-13(14-6-4-3-5-7-14)20(2)17(21)12-19-16-10-8-15(18)9-11-16/h3-11,13,19H,12H2,1-2H3/t13-/m0/s1. The van der Waals surface area contributed by atoms with Gasteiger partial charge in [-0.05, 0) is 59.3 Å². The predicted molar refractivity (Wildman–Crippen MR) is 95.3 cm³/mol. The first-order valence-electron chi connectivity index (χ1n) is 6.88. The quantitative estimate of drug-likeness (QED) is 0.780. The fourth-order valence-corrected chi connectivity index (χ4v) is 2.40. The number of halogens is 1. The molecule has 1 N–H and O–H groups in total. The van der Waals surface area contributed by atoms with Gasteiger partial charge >= 0.3 is 0 Å². The van der Waals surface area contributed by atoms with Gasteiger partial charge in [0.2, 0.25) is 5.91 Å². The molecule has 0 unspecified atom stereocenters. The highest BCUT2D eigenvalue weighted by molar-refractivity contribution is 14.1. The largest absolute Gasteiger partial charge is 0.376 e. The Bertz CT molecular complexity index is 583. The molecule has 2 rings (SSSR count). The molecule has 0 aromatic heterocycles. The van der Waals surface area contributed by atoms with Gasteiger partial charge in [-0.1, -0.05) is 30.3 Å². The lowest BCUT2D eigenvalue weighted by molar-refractivity contribution is -0.129. The van der Waals surface area contributed by atoms with Gasteiger partial charge in [0, 0.05) is 16.3 Å². The third-order valence-corrected chi connectivity index (χ3v) is 4.26. The van der Waals surface area contributed by atoms with Crippen molar-refractivity contribution in [3.63, 3.8) is 0 Å². The first-order chi connectivity index (χ1) is 10.1. The van der Waals surface area contributed by atoms with Crippen LogP contribution in [0.5, 0.6) is 0 Å². The molecule has 0 bridgehead atoms. The number of hydrogen-bond donors (Lipinski definition) is 1. The van der Waals surface area contributed by atoms with Gasteiger partial charge < -0.3 is 10.2 Å². The molecule has 0 radical (unpaired) electrons. The number of carbonyl (C=O) groups excluding carboxylic acids is 1. The average Bonchev–Trinajstić information content (AvgIpc) is 2.53. The Morgan fingerprint density at radius 2 is 1.76 bits per heavy atom. The maximum atomic E-state index is 12.3. The number of likely N-dealkylation sites (N-methyl/N-ethyl adjacent to an activating group) is 1. The molecule has 0 aliphatic rings. The third-order valence-electron chi connectivity index (χ3n) is 3.54. The van der Waals surface area contributed by atoms with E-state index < -0.39 is 0 Å². The van der Waals surface area contributed by atoms with E-state index in [2.05, 4.69) is 27.9 Å². The van der Waals surface area contributed by atoms with Crippen molar-refractivity contribution in [2.45, 2.75) is 13.0 Å². The van der Waals surface area contributed by atoms with E-state index in [1.54, 1.807) is 4.90 Å². The molecule has 2 aromatic carbocycles. The lowest BCUT2D eigenvalue weighted by Crippen LogP contribution is -2.34. The van der Waals surface area contributed by atoms with Crippen LogP contribution in [-0.4, -0.2) is 24.4 Å². The Morgan fingerprint density at radius 1 is 1.14 bits per heavy atom. The van der Waals surface area contributed by atoms with E-state index in [9.17, 15) is 4.79 Å². The summed E-state index contributed by atoms with van der Waals surface area (Å²) >= 11 is 2.26. The highest BCUT2D eigenvalue weighted by Crippen LogP contribution is 2.18. The van der Waals surface area contributed by atoms with Gasteiger partial charge in [0.15, 0.2) is 0 Å². The Hall–Kier alpha value is -1.56. The van der Waals surface area contributed by atoms with E-state index in [1.165, 1.54) is 3.57 Å². The van der Waals surface area contributed by atoms with E-state index in [4.69, 9.17) is 0 Å². The number of hydrogen-bond acceptors (Lipinski definition) is 2. The molecule has 0 fully saturated rings. The van der Waals surface area contributed by atoms with E-state index in [0.29, 0.717) is 6.54 Å². The maximum Gasteiger partial charge on any atom is 0.242 e. The Labute approximate surface area is 139 Å². The summed E-state index contributed by atoms with van der Waals surface area (Å²) in [6.07, 6.45) is 0. The van der Waals surface area contributed by atoms with Crippen molar-refractivity contribution in [2.75, 3.05) is 18.9 Å². The number of amides is 1. The van der Waals surface area contributed by atoms with Crippen LogP contribution in [-0.2, 0) is 4.79 Å². The van der Waals surface area contributed by atoms with Crippen molar-refractivity contribution < 1.29 is 4.79 Å². The lowest BCUT2D eigenvalue weighted by atomic mass is 10.1. The van der Waals surface area contributed by atoms with Gasteiger partial charge in [0.25, 0.3) is 0 Å². The van der Waals surface area contributed by atoms with E-state index in [0.717, 1.165) is 11.3 Å². The molecule has 1 amide bonds. The van der Waals surface area contributed by atoms with Gasteiger partial charge in [0.1, 0.15) is 0 Å². The van der Waals surface area contributed by atoms with Crippen LogP contribution in [0.1, 0.15) is 18.5 Å². The molecule has 0 saturated carbocycles. The molecule has 0 saturated heterocycles. The summed E-state index contributed by atoms with van der Waals surface area (Å²) in [6, 6.07) is 18.1. The Balaban J connectivity index is 1.92. The Morgan fingerprint density at radius 3 is 2.38 bits per heavy atom. The van der Waals surface area contributed by atoms with Gasteiger partial charge in [0.05, 0.1) is 12.6 Å². The normalized spacial score (nSPS) is 11.8. The Kier molecular flexibility index (Phi) is 5.61. The second-order valence-electron chi connectivity index (χ2n) is 4.95. The summed E-state index contributed by atoms with van der Waals surface area (Å²) < 4.78 is 1.18. The topological polar surface area (TPSA) is 32.3 Å². The molecule has 2 aromatic rings. The number of rotatable bonds is 5. The second kappa shape index (κ2) is 7.45. The number of carbonyl (C=O) groups is 1. The molecule has 1 atom stereocenters. The predicted octanol–water partition coefficient (Wildman–Crippen LogP) is 3.92. The molecular weight excluding hydrogens is 375 g/mol. The summed E-state index contributed by atoms with van der Waals surface area (Å²) in [4.78, 5) is 14.0. The van der Waals surface area contributed by atoms with Gasteiger partial charge in [-0.15, -0.1) is 0 Å². The van der Waals surface area contributed by atoms with Crippen LogP contribution >= 0.6 is 22.6 Å². The van der Waals surface area contributed by atoms with Gasteiger partial charge in [-0.25, -0.2) is 0 Å². The average molecular weight is 394 g/mol. The van der Waals surface area contributed by atoms with Crippen LogP contribution in [0.4, 0.5) is 5.69 Å². The zero-order valence-corrected chi connectivity index (χ0v) is 14.4. The minimum absolute atomic E-state index is 0.0669. The van der Waals surface area contributed by atoms with E-state index in [1.807, 2.05) is 68.6 Å². The number of anilines is 1. The maximum absolute atomic E-state index is 12.3. The van der Waals surface area contributed by atoms with Crippen molar-refractivity contribution in [1.29, 1.82) is 0 Å². The van der Waals surface area contributed by atoms with Crippen LogP contribution in [0.2, 0.25) is 0 Å². The molecule has 0 aliphatic heterocycles. The SMILES string of the molecule is C[C@@H](c1ccccc1)N(C)C(=O)CNc1ccc(I)cc1. The van der Waals surface area contributed by atoms with Gasteiger partial charge in [-0.3, -0.25) is 4.79 Å². The van der Waals surface area contributed by atoms with Crippen LogP contribution in [0.25, 0.3) is 0 Å².